The van der Waals surface area contributed by atoms with E-state index < -0.39 is 0 Å². The van der Waals surface area contributed by atoms with Crippen LogP contribution >= 0.6 is 0 Å². The molecule has 0 spiro atoms. The third kappa shape index (κ3) is 11.9. The molecule has 0 fully saturated rings. The minimum Gasteiger partial charge on any atom is -0.508 e. The maximum absolute atomic E-state index is 12.4. The number of ether oxygens (including phenoxy) is 1. The number of hydrogen-bond acceptors (Lipinski definition) is 8. The summed E-state index contributed by atoms with van der Waals surface area (Å²) in [6.07, 6.45) is 4.09. The zero-order valence-electron chi connectivity index (χ0n) is 23.6. The van der Waals surface area contributed by atoms with E-state index in [1.807, 2.05) is 51.3 Å². The Labute approximate surface area is 226 Å². The fraction of sp³-hybridized carbons (Fsp3) is 0.654. The van der Waals surface area contributed by atoms with Gasteiger partial charge in [-0.3, -0.25) is 5.01 Å². The number of urea groups is 1. The van der Waals surface area contributed by atoms with Gasteiger partial charge in [0.1, 0.15) is 5.75 Å². The van der Waals surface area contributed by atoms with Crippen molar-refractivity contribution in [2.24, 2.45) is 10.5 Å². The normalized spacial score (nSPS) is 14.5. The van der Waals surface area contributed by atoms with Gasteiger partial charge in [-0.2, -0.15) is 0 Å². The zero-order chi connectivity index (χ0) is 28.2. The molecule has 38 heavy (non-hydrogen) atoms. The predicted molar refractivity (Wildman–Crippen MR) is 149 cm³/mol. The number of nitrogens with one attached hydrogen (secondary N) is 4. The van der Waals surface area contributed by atoms with Gasteiger partial charge >= 0.3 is 6.03 Å². The van der Waals surface area contributed by atoms with Gasteiger partial charge in [0.15, 0.2) is 0 Å². The van der Waals surface area contributed by atoms with Crippen LogP contribution in [-0.2, 0) is 11.2 Å². The summed E-state index contributed by atoms with van der Waals surface area (Å²) in [6, 6.07) is 7.08. The molecule has 12 heteroatoms. The number of amides is 2. The summed E-state index contributed by atoms with van der Waals surface area (Å²) in [6.45, 7) is 11.0. The van der Waals surface area contributed by atoms with Crippen molar-refractivity contribution in [1.29, 1.82) is 0 Å². The molecule has 0 bridgehead atoms. The smallest absolute Gasteiger partial charge is 0.314 e. The monoisotopic (exact) mass is 531 g/mol. The Hall–Kier alpha value is -3.18. The van der Waals surface area contributed by atoms with Crippen molar-refractivity contribution in [3.05, 3.63) is 52.2 Å². The van der Waals surface area contributed by atoms with Crippen LogP contribution in [-0.4, -0.2) is 79.6 Å². The first-order chi connectivity index (χ1) is 17.9. The fourth-order valence-corrected chi connectivity index (χ4v) is 3.87. The fourth-order valence-electron chi connectivity index (χ4n) is 3.87. The molecule has 0 saturated heterocycles. The lowest BCUT2D eigenvalue weighted by atomic mass is 9.94. The lowest BCUT2D eigenvalue weighted by Gasteiger charge is -2.34. The molecule has 5 N–H and O–H groups in total. The van der Waals surface area contributed by atoms with Gasteiger partial charge in [0.05, 0.1) is 12.2 Å². The Morgan fingerprint density at radius 2 is 1.95 bits per heavy atom. The second-order valence-electron chi connectivity index (χ2n) is 11.3. The first-order valence-corrected chi connectivity index (χ1v) is 13.0. The van der Waals surface area contributed by atoms with Gasteiger partial charge in [-0.25, -0.2) is 4.79 Å². The van der Waals surface area contributed by atoms with Crippen LogP contribution in [0.2, 0.25) is 0 Å². The van der Waals surface area contributed by atoms with Gasteiger partial charge in [-0.15, -0.1) is 5.53 Å². The highest BCUT2D eigenvalue weighted by atomic mass is 16.5. The Bertz CT molecular complexity index is 957. The second-order valence-corrected chi connectivity index (χ2v) is 11.3. The Morgan fingerprint density at radius 1 is 1.24 bits per heavy atom. The molecule has 1 aromatic carbocycles. The van der Waals surface area contributed by atoms with Crippen LogP contribution in [0.4, 0.5) is 4.79 Å². The molecular weight excluding hydrogens is 486 g/mol. The van der Waals surface area contributed by atoms with Crippen molar-refractivity contribution in [1.82, 2.24) is 31.5 Å². The number of likely N-dealkylation sites (N-methyl/N-ethyl adjacent to an activating group) is 1. The van der Waals surface area contributed by atoms with E-state index >= 15 is 0 Å². The van der Waals surface area contributed by atoms with E-state index in [4.69, 9.17) is 10.3 Å². The van der Waals surface area contributed by atoms with Crippen LogP contribution in [0, 0.1) is 5.41 Å². The number of hydrazine groups is 2. The van der Waals surface area contributed by atoms with Crippen LogP contribution < -0.4 is 21.6 Å². The standard InChI is InChI=1S/C26H45N9O3/c1-25(2,19-38-26(3,4)12-14-30-32-27)18-35-17-21(31-33-35)11-13-28-24(37)29-16-22(34(5)6)15-20-7-9-23(36)10-8-20/h7-10,17,22,31,33,36H,11-16,18-19H2,1-6H3,(H2,28,29,37)/t22-/m0/s1. The summed E-state index contributed by atoms with van der Waals surface area (Å²) < 4.78 is 6.12. The molecule has 0 aromatic heterocycles. The number of hydrogen-bond donors (Lipinski definition) is 5. The quantitative estimate of drug-likeness (QED) is 0.125. The number of rotatable bonds is 16. The van der Waals surface area contributed by atoms with Crippen molar-refractivity contribution in [3.63, 3.8) is 0 Å². The van der Waals surface area contributed by atoms with Crippen molar-refractivity contribution in [2.45, 2.75) is 58.6 Å². The number of carbonyl (C=O) groups excluding carboxylic acids is 1. The highest BCUT2D eigenvalue weighted by Gasteiger charge is 2.27. The average Bonchev–Trinajstić information content (AvgIpc) is 3.28. The van der Waals surface area contributed by atoms with E-state index in [9.17, 15) is 9.90 Å². The zero-order valence-corrected chi connectivity index (χ0v) is 23.6. The molecule has 1 aromatic rings. The third-order valence-corrected chi connectivity index (χ3v) is 6.32. The lowest BCUT2D eigenvalue weighted by Crippen LogP contribution is -2.45. The topological polar surface area (TPSA) is 150 Å². The van der Waals surface area contributed by atoms with Crippen molar-refractivity contribution >= 4 is 6.03 Å². The van der Waals surface area contributed by atoms with E-state index in [0.717, 1.165) is 24.2 Å². The Morgan fingerprint density at radius 3 is 2.61 bits per heavy atom. The van der Waals surface area contributed by atoms with E-state index in [1.54, 1.807) is 12.1 Å². The molecule has 0 aliphatic carbocycles. The molecule has 1 aliphatic heterocycles. The summed E-state index contributed by atoms with van der Waals surface area (Å²) in [5.41, 5.74) is 16.4. The van der Waals surface area contributed by atoms with Crippen molar-refractivity contribution in [3.8, 4) is 5.75 Å². The van der Waals surface area contributed by atoms with E-state index in [1.165, 1.54) is 0 Å². The predicted octanol–water partition coefficient (Wildman–Crippen LogP) is 3.24. The number of phenols is 1. The van der Waals surface area contributed by atoms with Crippen molar-refractivity contribution < 1.29 is 14.6 Å². The molecule has 2 rings (SSSR count). The maximum atomic E-state index is 12.4. The second kappa shape index (κ2) is 14.7. The minimum absolute atomic E-state index is 0.127. The third-order valence-electron chi connectivity index (χ3n) is 6.32. The molecule has 0 saturated carbocycles. The molecule has 1 aliphatic rings. The number of phenolic OH excluding ortho intramolecular Hbond substituents is 1. The SMILES string of the molecule is CN(C)[C@H](CNC(=O)NCCC1=CN(CC(C)(C)COC(C)(C)CCN=[N+]=[N-])NN1)Cc1ccc(O)cc1. The van der Waals surface area contributed by atoms with Gasteiger partial charge in [-0.1, -0.05) is 31.1 Å². The summed E-state index contributed by atoms with van der Waals surface area (Å²) in [5, 5.41) is 20.9. The van der Waals surface area contributed by atoms with E-state index in [0.29, 0.717) is 39.1 Å². The number of nitrogens with zero attached hydrogens (tertiary/aromatic N) is 5. The van der Waals surface area contributed by atoms with Crippen LogP contribution in [0.5, 0.6) is 5.75 Å². The highest BCUT2D eigenvalue weighted by Crippen LogP contribution is 2.24. The molecule has 1 heterocycles. The maximum Gasteiger partial charge on any atom is 0.314 e. The van der Waals surface area contributed by atoms with Crippen LogP contribution in [0.25, 0.3) is 10.4 Å². The number of azide groups is 1. The van der Waals surface area contributed by atoms with Gasteiger partial charge < -0.3 is 30.8 Å². The average molecular weight is 532 g/mol. The lowest BCUT2D eigenvalue weighted by molar-refractivity contribution is -0.0641. The summed E-state index contributed by atoms with van der Waals surface area (Å²) in [7, 11) is 3.98. The van der Waals surface area contributed by atoms with Gasteiger partial charge in [0, 0.05) is 60.9 Å². The Balaban J connectivity index is 1.70. The largest absolute Gasteiger partial charge is 0.508 e. The number of aromatic hydroxyl groups is 1. The summed E-state index contributed by atoms with van der Waals surface area (Å²) in [5.74, 6) is 0.245. The van der Waals surface area contributed by atoms with Crippen LogP contribution in [0.1, 0.15) is 46.1 Å². The van der Waals surface area contributed by atoms with Crippen LogP contribution in [0.3, 0.4) is 0 Å². The molecular formula is C26H45N9O3. The van der Waals surface area contributed by atoms with Gasteiger partial charge in [-0.05, 0) is 64.0 Å². The number of benzene rings is 1. The molecule has 12 nitrogen and oxygen atoms in total. The molecule has 1 atom stereocenters. The van der Waals surface area contributed by atoms with Crippen molar-refractivity contribution in [2.75, 3.05) is 46.9 Å². The molecule has 0 unspecified atom stereocenters. The van der Waals surface area contributed by atoms with E-state index in [2.05, 4.69) is 50.4 Å². The highest BCUT2D eigenvalue weighted by molar-refractivity contribution is 5.73. The summed E-state index contributed by atoms with van der Waals surface area (Å²) >= 11 is 0. The summed E-state index contributed by atoms with van der Waals surface area (Å²) in [4.78, 5) is 17.2. The molecule has 2 amide bonds. The minimum atomic E-state index is -0.368. The first kappa shape index (κ1) is 31.0. The molecule has 0 radical (unpaired) electrons. The molecule has 212 valence electrons. The Kier molecular flexibility index (Phi) is 12.0. The first-order valence-electron chi connectivity index (χ1n) is 13.0. The van der Waals surface area contributed by atoms with E-state index in [-0.39, 0.29) is 28.8 Å². The van der Waals surface area contributed by atoms with Crippen LogP contribution in [0.15, 0.2) is 41.3 Å². The number of carbonyl (C=O) groups is 1. The van der Waals surface area contributed by atoms with Gasteiger partial charge in [0.25, 0.3) is 0 Å². The van der Waals surface area contributed by atoms with Gasteiger partial charge in [0.2, 0.25) is 0 Å².